The maximum Gasteiger partial charge on any atom is 0.433 e. The second kappa shape index (κ2) is 11.0. The molecule has 13 heteroatoms. The van der Waals surface area contributed by atoms with Crippen LogP contribution in [0.1, 0.15) is 91.7 Å². The monoisotopic (exact) mass is 602 g/mol. The van der Waals surface area contributed by atoms with E-state index >= 15 is 0 Å². The lowest BCUT2D eigenvalue weighted by Gasteiger charge is -2.40. The Kier molecular flexibility index (Phi) is 8.31. The molecule has 0 aliphatic heterocycles. The van der Waals surface area contributed by atoms with Gasteiger partial charge in [-0.15, -0.1) is 0 Å². The van der Waals surface area contributed by atoms with Crippen LogP contribution in [0.2, 0.25) is 10.0 Å². The van der Waals surface area contributed by atoms with Gasteiger partial charge in [-0.25, -0.2) is 0 Å². The largest absolute Gasteiger partial charge is 0.481 e. The van der Waals surface area contributed by atoms with Crippen LogP contribution in [0.3, 0.4) is 0 Å². The van der Waals surface area contributed by atoms with Gasteiger partial charge in [-0.3, -0.25) is 24.0 Å². The summed E-state index contributed by atoms with van der Waals surface area (Å²) in [6.07, 6.45) is 0.925. The Bertz CT molecular complexity index is 1300. The summed E-state index contributed by atoms with van der Waals surface area (Å²) in [4.78, 5) is 43.8. The number of ketones is 1. The number of halogens is 5. The quantitative estimate of drug-likeness (QED) is 0.359. The lowest BCUT2D eigenvalue weighted by atomic mass is 9.67. The van der Waals surface area contributed by atoms with Gasteiger partial charge in [0.25, 0.3) is 5.91 Å². The first-order chi connectivity index (χ1) is 18.5. The van der Waals surface area contributed by atoms with Crippen molar-refractivity contribution in [2.75, 3.05) is 13.1 Å². The van der Waals surface area contributed by atoms with Gasteiger partial charge in [-0.2, -0.15) is 18.3 Å². The number of Topliss-reactive ketones (excluding diaryl/α,β-unsaturated/α-hetero) is 1. The minimum Gasteiger partial charge on any atom is -0.481 e. The van der Waals surface area contributed by atoms with Gasteiger partial charge in [-0.1, -0.05) is 50.4 Å². The van der Waals surface area contributed by atoms with Crippen molar-refractivity contribution < 1.29 is 32.7 Å². The number of rotatable bonds is 7. The van der Waals surface area contributed by atoms with Crippen molar-refractivity contribution in [3.8, 4) is 0 Å². The number of aromatic nitrogens is 3. The molecular weight excluding hydrogens is 572 g/mol. The molecule has 2 saturated carbocycles. The third-order valence-electron chi connectivity index (χ3n) is 7.92. The average Bonchev–Trinajstić information content (AvgIpc) is 3.47. The van der Waals surface area contributed by atoms with Crippen LogP contribution in [0.15, 0.2) is 18.6 Å². The van der Waals surface area contributed by atoms with Gasteiger partial charge in [0, 0.05) is 18.9 Å². The first-order valence-electron chi connectivity index (χ1n) is 13.0. The number of fused-ring (bicyclic) bond motifs is 1. The molecule has 2 aliphatic rings. The van der Waals surface area contributed by atoms with E-state index in [0.29, 0.717) is 19.3 Å². The number of carbonyl (C=O) groups excluding carboxylic acids is 2. The molecule has 3 atom stereocenters. The van der Waals surface area contributed by atoms with Gasteiger partial charge < -0.3 is 10.0 Å². The SMILES string of the molecule is CC(C)(C)CN(CC(=O)c1c(Cl)cncc1Cl)C(=O)c1cnn([C@H]2CC[C@@]3(C(=O)O)CCC[C@H]3C2)c1C(F)(F)F. The standard InChI is InChI=1S/C27H31Cl2F3N4O4/c1-25(2,3)14-35(13-20(37)21-18(28)11-33-12-19(21)29)23(38)17-10-34-36(22(17)27(30,31)32)16-6-8-26(24(39)40)7-4-5-15(26)9-16/h10-12,15-16H,4-9,13-14H2,1-3H3,(H,39,40)/t15-,16-,26-/m0/s1. The molecule has 0 bridgehead atoms. The molecule has 2 aromatic rings. The van der Waals surface area contributed by atoms with E-state index in [1.54, 1.807) is 20.8 Å². The zero-order chi connectivity index (χ0) is 29.6. The maximum atomic E-state index is 14.5. The van der Waals surface area contributed by atoms with Crippen molar-refractivity contribution in [1.29, 1.82) is 0 Å². The third kappa shape index (κ3) is 5.86. The molecular formula is C27H31Cl2F3N4O4. The Hall–Kier alpha value is -2.66. The summed E-state index contributed by atoms with van der Waals surface area (Å²) in [6, 6.07) is -0.708. The minimum absolute atomic E-state index is 0.0347. The number of carbonyl (C=O) groups is 3. The van der Waals surface area contributed by atoms with E-state index in [-0.39, 0.29) is 47.3 Å². The van der Waals surface area contributed by atoms with Crippen molar-refractivity contribution in [2.45, 2.75) is 71.5 Å². The Morgan fingerprint density at radius 1 is 1.10 bits per heavy atom. The topological polar surface area (TPSA) is 105 Å². The Morgan fingerprint density at radius 2 is 1.75 bits per heavy atom. The molecule has 1 N–H and O–H groups in total. The van der Waals surface area contributed by atoms with Crippen LogP contribution in [0.4, 0.5) is 13.2 Å². The van der Waals surface area contributed by atoms with Gasteiger partial charge in [0.05, 0.1) is 45.4 Å². The molecule has 0 unspecified atom stereocenters. The summed E-state index contributed by atoms with van der Waals surface area (Å²) in [7, 11) is 0. The number of nitrogens with zero attached hydrogens (tertiary/aromatic N) is 4. The molecule has 0 spiro atoms. The van der Waals surface area contributed by atoms with E-state index < -0.39 is 58.5 Å². The summed E-state index contributed by atoms with van der Waals surface area (Å²) in [6.45, 7) is 4.77. The van der Waals surface area contributed by atoms with Crippen LogP contribution < -0.4 is 0 Å². The number of hydrogen-bond donors (Lipinski definition) is 1. The highest BCUT2D eigenvalue weighted by Gasteiger charge is 2.53. The lowest BCUT2D eigenvalue weighted by Crippen LogP contribution is -2.42. The predicted molar refractivity (Wildman–Crippen MR) is 141 cm³/mol. The Labute approximate surface area is 239 Å². The lowest BCUT2D eigenvalue weighted by molar-refractivity contribution is -0.156. The zero-order valence-electron chi connectivity index (χ0n) is 22.4. The van der Waals surface area contributed by atoms with Gasteiger partial charge in [0.1, 0.15) is 0 Å². The average molecular weight is 603 g/mol. The van der Waals surface area contributed by atoms with Crippen molar-refractivity contribution in [1.82, 2.24) is 19.7 Å². The Morgan fingerprint density at radius 3 is 2.33 bits per heavy atom. The number of pyridine rings is 1. The highest BCUT2D eigenvalue weighted by atomic mass is 35.5. The van der Waals surface area contributed by atoms with Crippen LogP contribution in [0, 0.1) is 16.7 Å². The highest BCUT2D eigenvalue weighted by molar-refractivity contribution is 6.39. The van der Waals surface area contributed by atoms with Gasteiger partial charge in [-0.05, 0) is 43.4 Å². The fraction of sp³-hybridized carbons (Fsp3) is 0.593. The summed E-state index contributed by atoms with van der Waals surface area (Å²) in [5, 5.41) is 13.8. The fourth-order valence-corrected chi connectivity index (χ4v) is 6.82. The number of hydrogen-bond acceptors (Lipinski definition) is 5. The van der Waals surface area contributed by atoms with Crippen LogP contribution in [0.5, 0.6) is 0 Å². The van der Waals surface area contributed by atoms with Gasteiger partial charge in [0.15, 0.2) is 11.5 Å². The number of carboxylic acids is 1. The predicted octanol–water partition coefficient (Wildman–Crippen LogP) is 6.57. The van der Waals surface area contributed by atoms with E-state index in [2.05, 4.69) is 10.1 Å². The van der Waals surface area contributed by atoms with Gasteiger partial charge >= 0.3 is 12.1 Å². The summed E-state index contributed by atoms with van der Waals surface area (Å²) < 4.78 is 44.4. The number of amides is 1. The van der Waals surface area contributed by atoms with Crippen molar-refractivity contribution in [3.05, 3.63) is 45.5 Å². The smallest absolute Gasteiger partial charge is 0.433 e. The minimum atomic E-state index is -4.92. The molecule has 0 radical (unpaired) electrons. The number of alkyl halides is 3. The van der Waals surface area contributed by atoms with E-state index in [0.717, 1.165) is 15.8 Å². The molecule has 2 fully saturated rings. The van der Waals surface area contributed by atoms with Gasteiger partial charge in [0.2, 0.25) is 0 Å². The van der Waals surface area contributed by atoms with E-state index in [1.807, 2.05) is 0 Å². The molecule has 2 heterocycles. The number of aliphatic carboxylic acids is 1. The second-order valence-corrected chi connectivity index (χ2v) is 12.8. The molecule has 218 valence electrons. The summed E-state index contributed by atoms with van der Waals surface area (Å²) in [5.41, 5.74) is -3.42. The summed E-state index contributed by atoms with van der Waals surface area (Å²) in [5.74, 6) is -2.81. The van der Waals surface area contributed by atoms with E-state index in [1.165, 1.54) is 12.4 Å². The Balaban J connectivity index is 1.69. The van der Waals surface area contributed by atoms with Crippen molar-refractivity contribution >= 4 is 40.9 Å². The zero-order valence-corrected chi connectivity index (χ0v) is 23.9. The molecule has 0 saturated heterocycles. The highest BCUT2D eigenvalue weighted by Crippen LogP contribution is 2.55. The molecule has 40 heavy (non-hydrogen) atoms. The van der Waals surface area contributed by atoms with Crippen molar-refractivity contribution in [2.24, 2.45) is 16.7 Å². The molecule has 8 nitrogen and oxygen atoms in total. The fourth-order valence-electron chi connectivity index (χ4n) is 6.25. The third-order valence-corrected chi connectivity index (χ3v) is 8.50. The van der Waals surface area contributed by atoms with Crippen molar-refractivity contribution in [3.63, 3.8) is 0 Å². The second-order valence-electron chi connectivity index (χ2n) is 12.0. The first-order valence-corrected chi connectivity index (χ1v) is 13.8. The normalized spacial score (nSPS) is 23.1. The molecule has 1 amide bonds. The molecule has 4 rings (SSSR count). The first kappa shape index (κ1) is 30.3. The van der Waals surface area contributed by atoms with Crippen LogP contribution >= 0.6 is 23.2 Å². The molecule has 0 aromatic carbocycles. The van der Waals surface area contributed by atoms with E-state index in [9.17, 15) is 32.7 Å². The molecule has 2 aliphatic carbocycles. The van der Waals surface area contributed by atoms with Crippen LogP contribution in [0.25, 0.3) is 0 Å². The van der Waals surface area contributed by atoms with E-state index in [4.69, 9.17) is 23.2 Å². The maximum absolute atomic E-state index is 14.5. The molecule has 2 aromatic heterocycles. The van der Waals surface area contributed by atoms with Crippen LogP contribution in [-0.4, -0.2) is 55.5 Å². The summed E-state index contributed by atoms with van der Waals surface area (Å²) >= 11 is 12.2. The van der Waals surface area contributed by atoms with Crippen LogP contribution in [-0.2, 0) is 11.0 Å². The number of carboxylic acid groups (broad SMARTS) is 1.